The molecular weight excluding hydrogens is 403 g/mol. The van der Waals surface area contributed by atoms with E-state index in [0.717, 1.165) is 30.6 Å². The molecule has 0 amide bonds. The fourth-order valence-corrected chi connectivity index (χ4v) is 4.58. The standard InChI is InChI=1S/C20H26N4O.C6H5F/c1-2-23-8-6-18(7-9-23)24-10-5-15-3-4-16(11-19(15)24)20(25)17-12-21-14-22-13-17;7-6-4-2-1-3-5-6/h3-4,11-14,18,20,25H,2,5-10H2,1H3;1-5H. The van der Waals surface area contributed by atoms with Crippen molar-refractivity contribution in [2.45, 2.75) is 38.3 Å². The molecule has 3 aromatic rings. The Morgan fingerprint density at radius 3 is 2.34 bits per heavy atom. The van der Waals surface area contributed by atoms with E-state index in [9.17, 15) is 9.50 Å². The molecule has 0 radical (unpaired) electrons. The Balaban J connectivity index is 0.000000300. The van der Waals surface area contributed by atoms with Crippen LogP contribution in [0.25, 0.3) is 0 Å². The number of aromatic nitrogens is 2. The summed E-state index contributed by atoms with van der Waals surface area (Å²) in [4.78, 5) is 13.1. The van der Waals surface area contributed by atoms with E-state index in [1.807, 2.05) is 6.07 Å². The van der Waals surface area contributed by atoms with Crippen molar-refractivity contribution in [1.82, 2.24) is 14.9 Å². The number of benzene rings is 2. The summed E-state index contributed by atoms with van der Waals surface area (Å²) in [7, 11) is 0. The van der Waals surface area contributed by atoms with Gasteiger partial charge < -0.3 is 14.9 Å². The molecule has 0 aliphatic carbocycles. The van der Waals surface area contributed by atoms with Crippen molar-refractivity contribution in [2.75, 3.05) is 31.1 Å². The summed E-state index contributed by atoms with van der Waals surface area (Å²) in [5.74, 6) is -0.178. The third-order valence-electron chi connectivity index (χ3n) is 6.43. The van der Waals surface area contributed by atoms with Crippen LogP contribution in [0.3, 0.4) is 0 Å². The first-order valence-corrected chi connectivity index (χ1v) is 11.4. The Morgan fingerprint density at radius 2 is 1.72 bits per heavy atom. The van der Waals surface area contributed by atoms with E-state index in [1.165, 1.54) is 55.6 Å². The van der Waals surface area contributed by atoms with E-state index < -0.39 is 6.10 Å². The van der Waals surface area contributed by atoms with Crippen molar-refractivity contribution < 1.29 is 9.50 Å². The highest BCUT2D eigenvalue weighted by Gasteiger charge is 2.29. The maximum absolute atomic E-state index is 11.9. The number of piperidine rings is 1. The first-order valence-electron chi connectivity index (χ1n) is 11.4. The molecule has 5 nitrogen and oxygen atoms in total. The molecule has 2 aliphatic rings. The number of rotatable bonds is 4. The average molecular weight is 435 g/mol. The summed E-state index contributed by atoms with van der Waals surface area (Å²) in [6, 6.07) is 15.0. The Kier molecular flexibility index (Phi) is 7.45. The minimum Gasteiger partial charge on any atom is -0.384 e. The Bertz CT molecular complexity index is 978. The van der Waals surface area contributed by atoms with Crippen LogP contribution in [0, 0.1) is 5.82 Å². The number of halogens is 1. The number of hydrogen-bond donors (Lipinski definition) is 1. The normalized spacial score (nSPS) is 17.4. The molecule has 1 N–H and O–H groups in total. The molecule has 168 valence electrons. The number of fused-ring (bicyclic) bond motifs is 1. The zero-order valence-electron chi connectivity index (χ0n) is 18.6. The number of likely N-dealkylation sites (tertiary alicyclic amines) is 1. The highest BCUT2D eigenvalue weighted by Crippen LogP contribution is 2.35. The minimum absolute atomic E-state index is 0.178. The van der Waals surface area contributed by atoms with Crippen molar-refractivity contribution in [1.29, 1.82) is 0 Å². The van der Waals surface area contributed by atoms with Gasteiger partial charge in [0.25, 0.3) is 0 Å². The average Bonchev–Trinajstić information content (AvgIpc) is 3.28. The summed E-state index contributed by atoms with van der Waals surface area (Å²) in [5.41, 5.74) is 4.37. The third kappa shape index (κ3) is 5.31. The van der Waals surface area contributed by atoms with Crippen LogP contribution < -0.4 is 4.90 Å². The van der Waals surface area contributed by atoms with E-state index in [1.54, 1.807) is 30.6 Å². The van der Waals surface area contributed by atoms with Gasteiger partial charge in [-0.05, 0) is 55.1 Å². The van der Waals surface area contributed by atoms with Crippen molar-refractivity contribution in [2.24, 2.45) is 0 Å². The molecule has 5 rings (SSSR count). The molecule has 1 atom stereocenters. The van der Waals surface area contributed by atoms with Crippen molar-refractivity contribution in [3.63, 3.8) is 0 Å². The molecule has 2 aliphatic heterocycles. The predicted molar refractivity (Wildman–Crippen MR) is 125 cm³/mol. The number of nitrogens with zero attached hydrogens (tertiary/aromatic N) is 4. The lowest BCUT2D eigenvalue weighted by Crippen LogP contribution is -2.44. The molecule has 0 bridgehead atoms. The summed E-state index contributed by atoms with van der Waals surface area (Å²) in [6.45, 7) is 6.87. The van der Waals surface area contributed by atoms with Gasteiger partial charge in [-0.15, -0.1) is 0 Å². The fourth-order valence-electron chi connectivity index (χ4n) is 4.58. The van der Waals surface area contributed by atoms with Crippen molar-refractivity contribution in [3.05, 3.63) is 89.8 Å². The van der Waals surface area contributed by atoms with Crippen LogP contribution in [-0.4, -0.2) is 52.2 Å². The van der Waals surface area contributed by atoms with E-state index in [4.69, 9.17) is 0 Å². The van der Waals surface area contributed by atoms with Gasteiger partial charge in [0.1, 0.15) is 18.2 Å². The van der Waals surface area contributed by atoms with E-state index in [0.29, 0.717) is 6.04 Å². The molecule has 1 aromatic heterocycles. The monoisotopic (exact) mass is 434 g/mol. The molecule has 1 fully saturated rings. The van der Waals surface area contributed by atoms with Crippen LogP contribution in [0.2, 0.25) is 0 Å². The lowest BCUT2D eigenvalue weighted by Gasteiger charge is -2.37. The maximum atomic E-state index is 11.9. The number of aliphatic hydroxyl groups excluding tert-OH is 1. The van der Waals surface area contributed by atoms with Crippen LogP contribution in [0.1, 0.15) is 42.6 Å². The van der Waals surface area contributed by atoms with E-state index in [2.05, 4.69) is 38.8 Å². The van der Waals surface area contributed by atoms with Gasteiger partial charge in [-0.2, -0.15) is 0 Å². The van der Waals surface area contributed by atoms with Crippen LogP contribution in [0.4, 0.5) is 10.1 Å². The highest BCUT2D eigenvalue weighted by molar-refractivity contribution is 5.61. The van der Waals surface area contributed by atoms with Gasteiger partial charge in [-0.1, -0.05) is 37.3 Å². The molecule has 0 spiro atoms. The van der Waals surface area contributed by atoms with Gasteiger partial charge in [-0.3, -0.25) is 0 Å². The van der Waals surface area contributed by atoms with Crippen LogP contribution in [0.15, 0.2) is 67.3 Å². The Morgan fingerprint density at radius 1 is 1.00 bits per heavy atom. The van der Waals surface area contributed by atoms with Gasteiger partial charge in [0.05, 0.1) is 0 Å². The smallest absolute Gasteiger partial charge is 0.123 e. The first-order chi connectivity index (χ1) is 15.7. The lowest BCUT2D eigenvalue weighted by atomic mass is 9.99. The van der Waals surface area contributed by atoms with Crippen LogP contribution in [0.5, 0.6) is 0 Å². The summed E-state index contributed by atoms with van der Waals surface area (Å²) in [6.07, 6.45) is 7.75. The molecule has 1 unspecified atom stereocenters. The quantitative estimate of drug-likeness (QED) is 0.666. The zero-order valence-corrected chi connectivity index (χ0v) is 18.6. The molecule has 32 heavy (non-hydrogen) atoms. The summed E-state index contributed by atoms with van der Waals surface area (Å²) >= 11 is 0. The second-order valence-corrected chi connectivity index (χ2v) is 8.37. The third-order valence-corrected chi connectivity index (χ3v) is 6.43. The summed E-state index contributed by atoms with van der Waals surface area (Å²) in [5, 5.41) is 10.7. The lowest BCUT2D eigenvalue weighted by molar-refractivity contribution is 0.218. The molecule has 0 saturated carbocycles. The van der Waals surface area contributed by atoms with Crippen LogP contribution >= 0.6 is 0 Å². The van der Waals surface area contributed by atoms with Gasteiger partial charge >= 0.3 is 0 Å². The maximum Gasteiger partial charge on any atom is 0.123 e. The first kappa shape index (κ1) is 22.4. The molecule has 2 aromatic carbocycles. The number of aliphatic hydroxyl groups is 1. The van der Waals surface area contributed by atoms with Gasteiger partial charge in [-0.25, -0.2) is 14.4 Å². The molecular formula is C26H31FN4O. The number of anilines is 1. The van der Waals surface area contributed by atoms with E-state index in [-0.39, 0.29) is 5.82 Å². The largest absolute Gasteiger partial charge is 0.384 e. The molecule has 1 saturated heterocycles. The van der Waals surface area contributed by atoms with Crippen molar-refractivity contribution in [3.8, 4) is 0 Å². The fraction of sp³-hybridized carbons (Fsp3) is 0.385. The van der Waals surface area contributed by atoms with Gasteiger partial charge in [0.15, 0.2) is 0 Å². The number of hydrogen-bond acceptors (Lipinski definition) is 5. The zero-order chi connectivity index (χ0) is 22.3. The second-order valence-electron chi connectivity index (χ2n) is 8.37. The van der Waals surface area contributed by atoms with Gasteiger partial charge in [0.2, 0.25) is 0 Å². The topological polar surface area (TPSA) is 52.5 Å². The van der Waals surface area contributed by atoms with E-state index >= 15 is 0 Å². The Labute approximate surface area is 189 Å². The van der Waals surface area contributed by atoms with Crippen LogP contribution in [-0.2, 0) is 6.42 Å². The SMILES string of the molecule is CCN1CCC(N2CCc3ccc(C(O)c4cncnc4)cc32)CC1.Fc1ccccc1. The summed E-state index contributed by atoms with van der Waals surface area (Å²) < 4.78 is 11.9. The molecule has 6 heteroatoms. The Hall–Kier alpha value is -2.83. The van der Waals surface area contributed by atoms with Gasteiger partial charge in [0, 0.05) is 49.3 Å². The molecule has 3 heterocycles. The minimum atomic E-state index is -0.670. The highest BCUT2D eigenvalue weighted by atomic mass is 19.1. The predicted octanol–water partition coefficient (Wildman–Crippen LogP) is 4.23. The second kappa shape index (κ2) is 10.7. The van der Waals surface area contributed by atoms with Crippen molar-refractivity contribution >= 4 is 5.69 Å².